The molecule has 2 aliphatic rings. The summed E-state index contributed by atoms with van der Waals surface area (Å²) in [5, 5.41) is 15.1. The maximum Gasteiger partial charge on any atom is 0.407 e. The Bertz CT molecular complexity index is 1020. The standard InChI is InChI=1S/C28H34N2O5/c1-2-8-19(26(31)30-20-10-7-9-18(15-20)27(32)33)16-29-28(34)35-17-25-23-13-5-3-11-21(23)22-12-4-6-14-24(22)25/h3-6,11-14,18-20,25H,2,7-10,15-17H2,1H3,(H,29,34)(H,30,31)(H,32,33)/t18-,19?,20+/m1/s1. The minimum atomic E-state index is -0.800. The minimum Gasteiger partial charge on any atom is -0.481 e. The number of carboxylic acids is 1. The van der Waals surface area contributed by atoms with Gasteiger partial charge in [0.25, 0.3) is 0 Å². The van der Waals surface area contributed by atoms with E-state index in [1.165, 1.54) is 11.1 Å². The molecule has 0 aromatic heterocycles. The van der Waals surface area contributed by atoms with Gasteiger partial charge in [0.15, 0.2) is 0 Å². The molecule has 0 aliphatic heterocycles. The second-order valence-electron chi connectivity index (χ2n) is 9.60. The molecule has 0 heterocycles. The molecule has 0 radical (unpaired) electrons. The van der Waals surface area contributed by atoms with E-state index in [2.05, 4.69) is 34.9 Å². The highest BCUT2D eigenvalue weighted by Crippen LogP contribution is 2.44. The van der Waals surface area contributed by atoms with Crippen LogP contribution in [0, 0.1) is 11.8 Å². The maximum atomic E-state index is 12.9. The van der Waals surface area contributed by atoms with Gasteiger partial charge in [0.1, 0.15) is 6.61 Å². The lowest BCUT2D eigenvalue weighted by Gasteiger charge is -2.29. The second kappa shape index (κ2) is 11.4. The van der Waals surface area contributed by atoms with Crippen LogP contribution in [0.2, 0.25) is 0 Å². The number of amides is 2. The minimum absolute atomic E-state index is 0.0173. The van der Waals surface area contributed by atoms with E-state index in [9.17, 15) is 19.5 Å². The topological polar surface area (TPSA) is 105 Å². The first-order valence-corrected chi connectivity index (χ1v) is 12.6. The normalized spacial score (nSPS) is 19.8. The van der Waals surface area contributed by atoms with E-state index in [0.717, 1.165) is 30.4 Å². The smallest absolute Gasteiger partial charge is 0.407 e. The van der Waals surface area contributed by atoms with E-state index in [4.69, 9.17) is 4.74 Å². The Morgan fingerprint density at radius 2 is 1.69 bits per heavy atom. The predicted molar refractivity (Wildman–Crippen MR) is 133 cm³/mol. The number of fused-ring (bicyclic) bond motifs is 3. The quantitative estimate of drug-likeness (QED) is 0.485. The first-order chi connectivity index (χ1) is 17.0. The Morgan fingerprint density at radius 3 is 2.31 bits per heavy atom. The zero-order chi connectivity index (χ0) is 24.8. The van der Waals surface area contributed by atoms with Crippen LogP contribution in [-0.4, -0.2) is 42.3 Å². The average Bonchev–Trinajstić information content (AvgIpc) is 3.19. The number of hydrogen-bond acceptors (Lipinski definition) is 4. The van der Waals surface area contributed by atoms with Crippen LogP contribution in [0.15, 0.2) is 48.5 Å². The molecule has 0 bridgehead atoms. The van der Waals surface area contributed by atoms with Gasteiger partial charge in [0, 0.05) is 18.5 Å². The van der Waals surface area contributed by atoms with Crippen molar-refractivity contribution in [3.8, 4) is 11.1 Å². The van der Waals surface area contributed by atoms with Gasteiger partial charge in [0.2, 0.25) is 5.91 Å². The highest BCUT2D eigenvalue weighted by Gasteiger charge is 2.31. The van der Waals surface area contributed by atoms with Crippen LogP contribution >= 0.6 is 0 Å². The lowest BCUT2D eigenvalue weighted by molar-refractivity contribution is -0.143. The third kappa shape index (κ3) is 5.84. The number of hydrogen-bond donors (Lipinski definition) is 3. The third-order valence-electron chi connectivity index (χ3n) is 7.21. The molecule has 1 fully saturated rings. The summed E-state index contributed by atoms with van der Waals surface area (Å²) < 4.78 is 5.59. The fourth-order valence-electron chi connectivity index (χ4n) is 5.39. The number of aliphatic carboxylic acids is 1. The van der Waals surface area contributed by atoms with E-state index >= 15 is 0 Å². The first-order valence-electron chi connectivity index (χ1n) is 12.6. The summed E-state index contributed by atoms with van der Waals surface area (Å²) in [6.45, 7) is 2.41. The first kappa shape index (κ1) is 24.8. The molecule has 1 unspecified atom stereocenters. The summed E-state index contributed by atoms with van der Waals surface area (Å²) in [7, 11) is 0. The van der Waals surface area contributed by atoms with Crippen molar-refractivity contribution in [3.05, 3.63) is 59.7 Å². The van der Waals surface area contributed by atoms with Crippen LogP contribution in [0.1, 0.15) is 62.5 Å². The largest absolute Gasteiger partial charge is 0.481 e. The van der Waals surface area contributed by atoms with Crippen LogP contribution in [0.5, 0.6) is 0 Å². The monoisotopic (exact) mass is 478 g/mol. The highest BCUT2D eigenvalue weighted by molar-refractivity contribution is 5.81. The molecule has 186 valence electrons. The van der Waals surface area contributed by atoms with Crippen molar-refractivity contribution in [2.75, 3.05) is 13.2 Å². The van der Waals surface area contributed by atoms with Crippen LogP contribution in [-0.2, 0) is 14.3 Å². The molecule has 2 aromatic rings. The molecule has 4 rings (SSSR count). The van der Waals surface area contributed by atoms with E-state index in [0.29, 0.717) is 19.3 Å². The van der Waals surface area contributed by atoms with Crippen LogP contribution in [0.4, 0.5) is 4.79 Å². The van der Waals surface area contributed by atoms with Crippen molar-refractivity contribution in [3.63, 3.8) is 0 Å². The Labute approximate surface area is 206 Å². The number of carbonyl (C=O) groups excluding carboxylic acids is 2. The summed E-state index contributed by atoms with van der Waals surface area (Å²) in [5.41, 5.74) is 4.64. The SMILES string of the molecule is CCCC(CNC(=O)OCC1c2ccccc2-c2ccccc21)C(=O)N[C@H]1CCC[C@@H](C(=O)O)C1. The maximum absolute atomic E-state index is 12.9. The molecular weight excluding hydrogens is 444 g/mol. The number of benzene rings is 2. The second-order valence-corrected chi connectivity index (χ2v) is 9.60. The van der Waals surface area contributed by atoms with E-state index in [-0.39, 0.29) is 36.9 Å². The van der Waals surface area contributed by atoms with Gasteiger partial charge >= 0.3 is 12.1 Å². The number of nitrogens with one attached hydrogen (secondary N) is 2. The molecule has 0 spiro atoms. The molecule has 2 aliphatic carbocycles. The van der Waals surface area contributed by atoms with Crippen LogP contribution in [0.25, 0.3) is 11.1 Å². The van der Waals surface area contributed by atoms with E-state index in [1.807, 2.05) is 31.2 Å². The Hall–Kier alpha value is -3.35. The van der Waals surface area contributed by atoms with Gasteiger partial charge in [-0.15, -0.1) is 0 Å². The summed E-state index contributed by atoms with van der Waals surface area (Å²) in [6.07, 6.45) is 3.58. The van der Waals surface area contributed by atoms with E-state index < -0.39 is 18.0 Å². The van der Waals surface area contributed by atoms with Gasteiger partial charge < -0.3 is 20.5 Å². The van der Waals surface area contributed by atoms with Gasteiger partial charge in [-0.3, -0.25) is 9.59 Å². The summed E-state index contributed by atoms with van der Waals surface area (Å²) >= 11 is 0. The lowest BCUT2D eigenvalue weighted by Crippen LogP contribution is -2.45. The molecule has 35 heavy (non-hydrogen) atoms. The summed E-state index contributed by atoms with van der Waals surface area (Å²) in [5.74, 6) is -1.74. The molecule has 7 heteroatoms. The summed E-state index contributed by atoms with van der Waals surface area (Å²) in [6, 6.07) is 16.2. The van der Waals surface area contributed by atoms with Crippen LogP contribution < -0.4 is 10.6 Å². The Morgan fingerprint density at radius 1 is 1.03 bits per heavy atom. The number of alkyl carbamates (subject to hydrolysis) is 1. The molecule has 3 N–H and O–H groups in total. The van der Waals surface area contributed by atoms with Gasteiger partial charge in [-0.25, -0.2) is 4.79 Å². The molecule has 7 nitrogen and oxygen atoms in total. The van der Waals surface area contributed by atoms with Crippen molar-refractivity contribution in [1.82, 2.24) is 10.6 Å². The van der Waals surface area contributed by atoms with Crippen molar-refractivity contribution >= 4 is 18.0 Å². The van der Waals surface area contributed by atoms with Crippen molar-refractivity contribution in [2.45, 2.75) is 57.4 Å². The van der Waals surface area contributed by atoms with Crippen molar-refractivity contribution in [2.24, 2.45) is 11.8 Å². The van der Waals surface area contributed by atoms with E-state index in [1.54, 1.807) is 0 Å². The van der Waals surface area contributed by atoms with Gasteiger partial charge in [-0.1, -0.05) is 68.3 Å². The molecule has 2 aromatic carbocycles. The molecule has 1 saturated carbocycles. The lowest BCUT2D eigenvalue weighted by atomic mass is 9.85. The third-order valence-corrected chi connectivity index (χ3v) is 7.21. The number of rotatable bonds is 9. The fraction of sp³-hybridized carbons (Fsp3) is 0.464. The zero-order valence-corrected chi connectivity index (χ0v) is 20.2. The zero-order valence-electron chi connectivity index (χ0n) is 20.2. The molecular formula is C28H34N2O5. The van der Waals surface area contributed by atoms with Gasteiger partial charge in [0.05, 0.1) is 11.8 Å². The van der Waals surface area contributed by atoms with Crippen molar-refractivity contribution < 1.29 is 24.2 Å². The number of ether oxygens (including phenoxy) is 1. The summed E-state index contributed by atoms with van der Waals surface area (Å²) in [4.78, 5) is 36.7. The van der Waals surface area contributed by atoms with Crippen LogP contribution in [0.3, 0.4) is 0 Å². The average molecular weight is 479 g/mol. The van der Waals surface area contributed by atoms with Gasteiger partial charge in [-0.2, -0.15) is 0 Å². The Balaban J connectivity index is 1.30. The van der Waals surface area contributed by atoms with Gasteiger partial charge in [-0.05, 0) is 47.9 Å². The number of carbonyl (C=O) groups is 3. The predicted octanol–water partition coefficient (Wildman–Crippen LogP) is 4.70. The molecule has 3 atom stereocenters. The Kier molecular flexibility index (Phi) is 8.06. The fourth-order valence-corrected chi connectivity index (χ4v) is 5.39. The number of carboxylic acid groups (broad SMARTS) is 1. The highest BCUT2D eigenvalue weighted by atomic mass is 16.5. The van der Waals surface area contributed by atoms with Crippen molar-refractivity contribution in [1.29, 1.82) is 0 Å². The molecule has 2 amide bonds. The molecule has 0 saturated heterocycles.